The monoisotopic (exact) mass is 452 g/mol. The summed E-state index contributed by atoms with van der Waals surface area (Å²) in [5.74, 6) is -2.44. The molecule has 0 bridgehead atoms. The number of carbonyl (C=O) groups excluding carboxylic acids is 3. The molecule has 3 amide bonds. The Bertz CT molecular complexity index is 1170. The fraction of sp³-hybridized carbons (Fsp3) is 0.179. The van der Waals surface area contributed by atoms with Crippen LogP contribution in [0.4, 0.5) is 0 Å². The first kappa shape index (κ1) is 21.6. The minimum absolute atomic E-state index is 0.259. The van der Waals surface area contributed by atoms with Gasteiger partial charge in [0.05, 0.1) is 18.9 Å². The zero-order valence-electron chi connectivity index (χ0n) is 18.6. The highest BCUT2D eigenvalue weighted by Gasteiger charge is 2.55. The number of carbonyl (C=O) groups is 3. The number of rotatable bonds is 5. The fourth-order valence-corrected chi connectivity index (χ4v) is 4.95. The van der Waals surface area contributed by atoms with Crippen LogP contribution in [0.3, 0.4) is 0 Å². The summed E-state index contributed by atoms with van der Waals surface area (Å²) in [6.07, 6.45) is 4.04. The van der Waals surface area contributed by atoms with Crippen LogP contribution in [0.25, 0.3) is 0 Å². The van der Waals surface area contributed by atoms with E-state index in [1.54, 1.807) is 31.4 Å². The normalized spacial score (nSPS) is 23.5. The summed E-state index contributed by atoms with van der Waals surface area (Å²) in [4.78, 5) is 40.1. The Morgan fingerprint density at radius 1 is 0.735 bits per heavy atom. The van der Waals surface area contributed by atoms with E-state index in [9.17, 15) is 14.4 Å². The molecule has 1 N–H and O–H groups in total. The van der Waals surface area contributed by atoms with E-state index in [0.717, 1.165) is 16.1 Å². The Morgan fingerprint density at radius 3 is 1.65 bits per heavy atom. The molecule has 1 saturated heterocycles. The number of hydrogen-bond acceptors (Lipinski definition) is 4. The SMILES string of the molecule is COc1ccc(C(=O)NN2C(=O)[C@@H]3[C@H](C2=O)[C@@H](c2ccccc2)C=C[C@@H]3c2ccccc2)cc1. The molecule has 0 saturated carbocycles. The van der Waals surface area contributed by atoms with Crippen molar-refractivity contribution in [1.82, 2.24) is 10.4 Å². The molecule has 0 spiro atoms. The van der Waals surface area contributed by atoms with Gasteiger partial charge in [-0.1, -0.05) is 72.8 Å². The van der Waals surface area contributed by atoms with Gasteiger partial charge in [-0.15, -0.1) is 0 Å². The molecule has 4 atom stereocenters. The summed E-state index contributed by atoms with van der Waals surface area (Å²) in [7, 11) is 1.54. The van der Waals surface area contributed by atoms with Gasteiger partial charge in [0, 0.05) is 17.4 Å². The number of imide groups is 1. The van der Waals surface area contributed by atoms with Crippen LogP contribution in [0.1, 0.15) is 33.3 Å². The molecule has 5 rings (SSSR count). The molecule has 1 fully saturated rings. The quantitative estimate of drug-likeness (QED) is 0.468. The fourth-order valence-electron chi connectivity index (χ4n) is 4.95. The molecular weight excluding hydrogens is 428 g/mol. The van der Waals surface area contributed by atoms with E-state index in [0.29, 0.717) is 11.3 Å². The molecule has 1 aliphatic carbocycles. The van der Waals surface area contributed by atoms with E-state index >= 15 is 0 Å². The van der Waals surface area contributed by atoms with Crippen molar-refractivity contribution in [1.29, 1.82) is 0 Å². The van der Waals surface area contributed by atoms with Crippen molar-refractivity contribution < 1.29 is 19.1 Å². The molecule has 0 radical (unpaired) electrons. The topological polar surface area (TPSA) is 75.7 Å². The molecule has 1 aliphatic heterocycles. The van der Waals surface area contributed by atoms with Gasteiger partial charge in [0.25, 0.3) is 17.7 Å². The van der Waals surface area contributed by atoms with Crippen molar-refractivity contribution in [3.8, 4) is 5.75 Å². The second kappa shape index (κ2) is 8.98. The lowest BCUT2D eigenvalue weighted by Gasteiger charge is -2.32. The van der Waals surface area contributed by atoms with Crippen molar-refractivity contribution in [3.05, 3.63) is 114 Å². The van der Waals surface area contributed by atoms with Gasteiger partial charge in [0.15, 0.2) is 0 Å². The van der Waals surface area contributed by atoms with Gasteiger partial charge in [-0.25, -0.2) is 0 Å². The maximum absolute atomic E-state index is 13.6. The number of hydrazine groups is 1. The molecule has 170 valence electrons. The van der Waals surface area contributed by atoms with E-state index in [-0.39, 0.29) is 11.8 Å². The molecule has 3 aromatic rings. The van der Waals surface area contributed by atoms with Crippen molar-refractivity contribution >= 4 is 17.7 Å². The van der Waals surface area contributed by atoms with E-state index < -0.39 is 29.6 Å². The third-order valence-corrected chi connectivity index (χ3v) is 6.63. The number of methoxy groups -OCH3 is 1. The van der Waals surface area contributed by atoms with E-state index in [1.165, 1.54) is 0 Å². The van der Waals surface area contributed by atoms with Crippen molar-refractivity contribution in [2.24, 2.45) is 11.8 Å². The summed E-state index contributed by atoms with van der Waals surface area (Å²) in [6.45, 7) is 0. The molecule has 0 aromatic heterocycles. The number of hydrogen-bond donors (Lipinski definition) is 1. The maximum atomic E-state index is 13.6. The number of fused-ring (bicyclic) bond motifs is 1. The highest BCUT2D eigenvalue weighted by molar-refractivity contribution is 6.09. The average Bonchev–Trinajstić information content (AvgIpc) is 3.14. The molecule has 6 nitrogen and oxygen atoms in total. The lowest BCUT2D eigenvalue weighted by atomic mass is 9.68. The Hall–Kier alpha value is -4.19. The van der Waals surface area contributed by atoms with Crippen LogP contribution in [0.15, 0.2) is 97.1 Å². The smallest absolute Gasteiger partial charge is 0.270 e. The average molecular weight is 453 g/mol. The second-order valence-corrected chi connectivity index (χ2v) is 8.49. The second-order valence-electron chi connectivity index (χ2n) is 8.49. The first-order valence-electron chi connectivity index (χ1n) is 11.2. The van der Waals surface area contributed by atoms with Crippen LogP contribution >= 0.6 is 0 Å². The standard InChI is InChI=1S/C28H24N2O4/c1-34-21-14-12-20(13-15-21)26(31)29-30-27(32)24-22(18-8-4-2-5-9-18)16-17-23(25(24)28(30)33)19-10-6-3-7-11-19/h2-17,22-25H,1H3,(H,29,31)/t22-,23-,24-,25+/m1/s1. The lowest BCUT2D eigenvalue weighted by Crippen LogP contribution is -2.46. The van der Waals surface area contributed by atoms with E-state index in [1.807, 2.05) is 72.8 Å². The lowest BCUT2D eigenvalue weighted by molar-refractivity contribution is -0.142. The summed E-state index contributed by atoms with van der Waals surface area (Å²) in [5, 5.41) is 0.917. The predicted octanol–water partition coefficient (Wildman–Crippen LogP) is 4.08. The third-order valence-electron chi connectivity index (χ3n) is 6.63. The number of amides is 3. The molecule has 0 unspecified atom stereocenters. The first-order valence-corrected chi connectivity index (χ1v) is 11.2. The van der Waals surface area contributed by atoms with Crippen LogP contribution in [0, 0.1) is 11.8 Å². The number of ether oxygens (including phenoxy) is 1. The zero-order chi connectivity index (χ0) is 23.7. The maximum Gasteiger partial charge on any atom is 0.270 e. The van der Waals surface area contributed by atoms with Gasteiger partial charge in [-0.05, 0) is 35.4 Å². The Kier molecular flexibility index (Phi) is 5.72. The first-order chi connectivity index (χ1) is 16.6. The van der Waals surface area contributed by atoms with Crippen LogP contribution in [-0.4, -0.2) is 29.8 Å². The number of benzene rings is 3. The minimum Gasteiger partial charge on any atom is -0.497 e. The highest BCUT2D eigenvalue weighted by Crippen LogP contribution is 2.48. The summed E-state index contributed by atoms with van der Waals surface area (Å²) in [5.41, 5.74) is 4.81. The number of nitrogens with zero attached hydrogens (tertiary/aromatic N) is 1. The number of allylic oxidation sites excluding steroid dienone is 2. The Labute approximate surface area is 197 Å². The third kappa shape index (κ3) is 3.77. The van der Waals surface area contributed by atoms with Crippen LogP contribution in [0.5, 0.6) is 5.75 Å². The van der Waals surface area contributed by atoms with Crippen LogP contribution < -0.4 is 10.2 Å². The molecular formula is C28H24N2O4. The van der Waals surface area contributed by atoms with Gasteiger partial charge in [0.2, 0.25) is 0 Å². The largest absolute Gasteiger partial charge is 0.497 e. The van der Waals surface area contributed by atoms with Crippen LogP contribution in [0.2, 0.25) is 0 Å². The zero-order valence-corrected chi connectivity index (χ0v) is 18.6. The Balaban J connectivity index is 1.49. The molecule has 3 aromatic carbocycles. The van der Waals surface area contributed by atoms with Gasteiger partial charge in [0.1, 0.15) is 5.75 Å². The van der Waals surface area contributed by atoms with Gasteiger partial charge >= 0.3 is 0 Å². The minimum atomic E-state index is -0.610. The van der Waals surface area contributed by atoms with Gasteiger partial charge in [-0.2, -0.15) is 5.01 Å². The van der Waals surface area contributed by atoms with Crippen LogP contribution in [-0.2, 0) is 9.59 Å². The van der Waals surface area contributed by atoms with E-state index in [2.05, 4.69) is 5.43 Å². The van der Waals surface area contributed by atoms with Crippen molar-refractivity contribution in [2.75, 3.05) is 7.11 Å². The van der Waals surface area contributed by atoms with Gasteiger partial charge in [-0.3, -0.25) is 19.8 Å². The summed E-state index contributed by atoms with van der Waals surface area (Å²) < 4.78 is 5.13. The summed E-state index contributed by atoms with van der Waals surface area (Å²) in [6, 6.07) is 25.9. The highest BCUT2D eigenvalue weighted by atomic mass is 16.5. The number of nitrogens with one attached hydrogen (secondary N) is 1. The molecule has 34 heavy (non-hydrogen) atoms. The summed E-state index contributed by atoms with van der Waals surface area (Å²) >= 11 is 0. The predicted molar refractivity (Wildman–Crippen MR) is 127 cm³/mol. The van der Waals surface area contributed by atoms with Crippen molar-refractivity contribution in [3.63, 3.8) is 0 Å². The molecule has 2 aliphatic rings. The Morgan fingerprint density at radius 2 is 1.21 bits per heavy atom. The molecule has 6 heteroatoms. The van der Waals surface area contributed by atoms with E-state index in [4.69, 9.17) is 4.74 Å². The van der Waals surface area contributed by atoms with Gasteiger partial charge < -0.3 is 4.74 Å². The molecule has 1 heterocycles. The van der Waals surface area contributed by atoms with Crippen molar-refractivity contribution in [2.45, 2.75) is 11.8 Å².